The molecule has 0 saturated carbocycles. The molecule has 1 aromatic rings. The molecule has 2 aliphatic rings. The molecule has 5 heteroatoms. The van der Waals surface area contributed by atoms with E-state index in [0.717, 1.165) is 56.6 Å². The van der Waals surface area contributed by atoms with Gasteiger partial charge in [0, 0.05) is 31.2 Å². The highest BCUT2D eigenvalue weighted by Gasteiger charge is 2.24. The summed E-state index contributed by atoms with van der Waals surface area (Å²) in [5.41, 5.74) is 0.956. The Bertz CT molecular complexity index is 594. The predicted octanol–water partition coefficient (Wildman–Crippen LogP) is 2.51. The molecule has 2 heterocycles. The van der Waals surface area contributed by atoms with Crippen molar-refractivity contribution in [3.63, 3.8) is 0 Å². The zero-order valence-corrected chi connectivity index (χ0v) is 14.9. The number of methoxy groups -OCH3 is 1. The molecular weight excluding hydrogens is 316 g/mol. The van der Waals surface area contributed by atoms with Crippen molar-refractivity contribution in [3.8, 4) is 5.75 Å². The highest BCUT2D eigenvalue weighted by Crippen LogP contribution is 2.20. The van der Waals surface area contributed by atoms with Crippen molar-refractivity contribution in [1.82, 2.24) is 10.2 Å². The number of piperidine rings is 1. The zero-order chi connectivity index (χ0) is 17.5. The Balaban J connectivity index is 1.42. The van der Waals surface area contributed by atoms with E-state index in [-0.39, 0.29) is 12.0 Å². The van der Waals surface area contributed by atoms with Gasteiger partial charge in [0.05, 0.1) is 19.8 Å². The Kier molecular flexibility index (Phi) is 6.34. The van der Waals surface area contributed by atoms with Crippen molar-refractivity contribution >= 4 is 5.91 Å². The van der Waals surface area contributed by atoms with Gasteiger partial charge in [0.15, 0.2) is 0 Å². The second kappa shape index (κ2) is 8.90. The van der Waals surface area contributed by atoms with E-state index in [9.17, 15) is 4.79 Å². The number of hydrogen-bond donors (Lipinski definition) is 1. The number of carbonyl (C=O) groups is 1. The van der Waals surface area contributed by atoms with Gasteiger partial charge in [-0.3, -0.25) is 4.79 Å². The molecule has 0 aliphatic carbocycles. The molecule has 0 spiro atoms. The number of ether oxygens (including phenoxy) is 2. The number of hydrogen-bond acceptors (Lipinski definition) is 4. The fourth-order valence-electron chi connectivity index (χ4n) is 3.49. The lowest BCUT2D eigenvalue weighted by atomic mass is 10.0. The number of likely N-dealkylation sites (tertiary alicyclic amines) is 1. The van der Waals surface area contributed by atoms with Crippen LogP contribution < -0.4 is 10.1 Å². The number of rotatable bonds is 6. The number of para-hydroxylation sites is 1. The molecule has 1 aromatic carbocycles. The minimum atomic E-state index is 0.184. The van der Waals surface area contributed by atoms with Gasteiger partial charge in [-0.2, -0.15) is 0 Å². The van der Waals surface area contributed by atoms with Gasteiger partial charge in [0.2, 0.25) is 5.91 Å². The van der Waals surface area contributed by atoms with Crippen LogP contribution in [0.5, 0.6) is 5.75 Å². The van der Waals surface area contributed by atoms with E-state index in [0.29, 0.717) is 12.5 Å². The summed E-state index contributed by atoms with van der Waals surface area (Å²) in [5, 5.41) is 3.60. The van der Waals surface area contributed by atoms with E-state index in [1.807, 2.05) is 35.4 Å². The summed E-state index contributed by atoms with van der Waals surface area (Å²) in [6, 6.07) is 8.22. The average molecular weight is 344 g/mol. The van der Waals surface area contributed by atoms with E-state index in [2.05, 4.69) is 11.4 Å². The van der Waals surface area contributed by atoms with E-state index in [4.69, 9.17) is 9.47 Å². The number of nitrogens with one attached hydrogen (secondary N) is 1. The average Bonchev–Trinajstić information content (AvgIpc) is 2.68. The molecule has 25 heavy (non-hydrogen) atoms. The molecule has 1 atom stereocenters. The number of allylic oxidation sites excluding steroid dienone is 1. The first-order chi connectivity index (χ1) is 12.3. The molecule has 0 bridgehead atoms. The second-order valence-electron chi connectivity index (χ2n) is 6.76. The van der Waals surface area contributed by atoms with E-state index in [1.54, 1.807) is 7.11 Å². The van der Waals surface area contributed by atoms with Gasteiger partial charge < -0.3 is 19.7 Å². The van der Waals surface area contributed by atoms with Crippen LogP contribution in [0.4, 0.5) is 0 Å². The summed E-state index contributed by atoms with van der Waals surface area (Å²) in [5.74, 6) is 0.970. The molecule has 0 radical (unpaired) electrons. The monoisotopic (exact) mass is 344 g/mol. The first-order valence-corrected chi connectivity index (χ1v) is 9.20. The summed E-state index contributed by atoms with van der Waals surface area (Å²) in [6.07, 6.45) is 8.76. The van der Waals surface area contributed by atoms with Crippen molar-refractivity contribution in [1.29, 1.82) is 0 Å². The lowest BCUT2D eigenvalue weighted by Gasteiger charge is -2.33. The Labute approximate surface area is 150 Å². The fraction of sp³-hybridized carbons (Fsp3) is 0.550. The minimum absolute atomic E-state index is 0.184. The van der Waals surface area contributed by atoms with Gasteiger partial charge in [0.1, 0.15) is 11.9 Å². The van der Waals surface area contributed by atoms with Crippen LogP contribution in [0, 0.1) is 0 Å². The smallest absolute Gasteiger partial charge is 0.227 e. The van der Waals surface area contributed by atoms with Crippen molar-refractivity contribution in [3.05, 3.63) is 42.2 Å². The van der Waals surface area contributed by atoms with E-state index in [1.165, 1.54) is 0 Å². The molecule has 1 amide bonds. The molecule has 1 fully saturated rings. The van der Waals surface area contributed by atoms with E-state index >= 15 is 0 Å². The molecule has 2 aliphatic heterocycles. The van der Waals surface area contributed by atoms with Crippen LogP contribution >= 0.6 is 0 Å². The summed E-state index contributed by atoms with van der Waals surface area (Å²) >= 11 is 0. The highest BCUT2D eigenvalue weighted by atomic mass is 16.5. The van der Waals surface area contributed by atoms with Gasteiger partial charge in [-0.05, 0) is 37.8 Å². The summed E-state index contributed by atoms with van der Waals surface area (Å²) < 4.78 is 10.9. The van der Waals surface area contributed by atoms with Crippen molar-refractivity contribution in [2.75, 3.05) is 26.7 Å². The van der Waals surface area contributed by atoms with Crippen molar-refractivity contribution in [2.24, 2.45) is 0 Å². The van der Waals surface area contributed by atoms with Crippen LogP contribution in [-0.4, -0.2) is 49.7 Å². The lowest BCUT2D eigenvalue weighted by molar-refractivity contribution is -0.131. The van der Waals surface area contributed by atoms with Crippen LogP contribution in [-0.2, 0) is 16.0 Å². The third kappa shape index (κ3) is 4.98. The van der Waals surface area contributed by atoms with Crippen molar-refractivity contribution in [2.45, 2.75) is 44.2 Å². The number of carbonyl (C=O) groups excluding carboxylic acids is 1. The largest absolute Gasteiger partial charge is 0.497 e. The Morgan fingerprint density at radius 3 is 2.80 bits per heavy atom. The molecule has 1 N–H and O–H groups in total. The van der Waals surface area contributed by atoms with Gasteiger partial charge in [-0.1, -0.05) is 18.2 Å². The zero-order valence-electron chi connectivity index (χ0n) is 14.9. The van der Waals surface area contributed by atoms with Crippen LogP contribution in [0.25, 0.3) is 0 Å². The quantitative estimate of drug-likeness (QED) is 0.861. The molecule has 3 rings (SSSR count). The molecule has 136 valence electrons. The topological polar surface area (TPSA) is 50.8 Å². The first-order valence-electron chi connectivity index (χ1n) is 9.20. The van der Waals surface area contributed by atoms with Crippen LogP contribution in [0.2, 0.25) is 0 Å². The lowest BCUT2D eigenvalue weighted by Crippen LogP contribution is -2.47. The molecule has 1 saturated heterocycles. The summed E-state index contributed by atoms with van der Waals surface area (Å²) in [7, 11) is 1.65. The SMILES string of the molecule is COc1ccccc1CC(=O)N1CCC(NC[C@@H]2CCC=CO2)CC1. The fourth-order valence-corrected chi connectivity index (χ4v) is 3.49. The van der Waals surface area contributed by atoms with Crippen molar-refractivity contribution < 1.29 is 14.3 Å². The highest BCUT2D eigenvalue weighted by molar-refractivity contribution is 5.79. The van der Waals surface area contributed by atoms with Gasteiger partial charge in [-0.25, -0.2) is 0 Å². The maximum Gasteiger partial charge on any atom is 0.227 e. The Morgan fingerprint density at radius 1 is 1.28 bits per heavy atom. The van der Waals surface area contributed by atoms with E-state index < -0.39 is 0 Å². The normalized spacial score (nSPS) is 21.0. The van der Waals surface area contributed by atoms with Gasteiger partial charge in [-0.15, -0.1) is 0 Å². The second-order valence-corrected chi connectivity index (χ2v) is 6.76. The van der Waals surface area contributed by atoms with Crippen LogP contribution in [0.1, 0.15) is 31.2 Å². The molecule has 0 unspecified atom stereocenters. The number of amides is 1. The summed E-state index contributed by atoms with van der Waals surface area (Å²) in [6.45, 7) is 2.53. The third-order valence-electron chi connectivity index (χ3n) is 5.04. The Morgan fingerprint density at radius 2 is 2.08 bits per heavy atom. The maximum absolute atomic E-state index is 12.6. The predicted molar refractivity (Wildman–Crippen MR) is 97.5 cm³/mol. The summed E-state index contributed by atoms with van der Waals surface area (Å²) in [4.78, 5) is 14.5. The maximum atomic E-state index is 12.6. The number of benzene rings is 1. The standard InChI is InChI=1S/C20H28N2O3/c1-24-19-8-3-2-6-16(19)14-20(23)22-11-9-17(10-12-22)21-15-18-7-4-5-13-25-18/h2-3,5-6,8,13,17-18,21H,4,7,9-12,14-15H2,1H3/t18-/m0/s1. The van der Waals surface area contributed by atoms with Gasteiger partial charge in [0.25, 0.3) is 0 Å². The molecule has 0 aromatic heterocycles. The number of nitrogens with zero attached hydrogens (tertiary/aromatic N) is 1. The van der Waals surface area contributed by atoms with Crippen LogP contribution in [0.15, 0.2) is 36.6 Å². The minimum Gasteiger partial charge on any atom is -0.497 e. The first kappa shape index (κ1) is 17.8. The van der Waals surface area contributed by atoms with Gasteiger partial charge >= 0.3 is 0 Å². The Hall–Kier alpha value is -2.01. The van der Waals surface area contributed by atoms with Crippen LogP contribution in [0.3, 0.4) is 0 Å². The molecular formula is C20H28N2O3. The molecule has 5 nitrogen and oxygen atoms in total. The third-order valence-corrected chi connectivity index (χ3v) is 5.04.